The van der Waals surface area contributed by atoms with E-state index in [0.29, 0.717) is 22.4 Å². The fourth-order valence-corrected chi connectivity index (χ4v) is 5.99. The van der Waals surface area contributed by atoms with E-state index in [2.05, 4.69) is 25.4 Å². The number of aromatic amines is 1. The number of hydrogen-bond acceptors (Lipinski definition) is 5. The minimum Gasteiger partial charge on any atom is -0.370 e. The van der Waals surface area contributed by atoms with Gasteiger partial charge in [0.25, 0.3) is 11.5 Å². The number of benzene rings is 1. The highest BCUT2D eigenvalue weighted by molar-refractivity contribution is 5.92. The van der Waals surface area contributed by atoms with Crippen LogP contribution in [-0.2, 0) is 0 Å². The predicted molar refractivity (Wildman–Crippen MR) is 123 cm³/mol. The van der Waals surface area contributed by atoms with E-state index in [4.69, 9.17) is 0 Å². The quantitative estimate of drug-likeness (QED) is 0.664. The van der Waals surface area contributed by atoms with Gasteiger partial charge in [0.15, 0.2) is 0 Å². The van der Waals surface area contributed by atoms with Crippen molar-refractivity contribution in [3.05, 3.63) is 64.3 Å². The Hall–Kier alpha value is -3.22. The minimum absolute atomic E-state index is 0.0815. The minimum atomic E-state index is -0.133. The van der Waals surface area contributed by atoms with Gasteiger partial charge in [-0.25, -0.2) is 10.1 Å². The summed E-state index contributed by atoms with van der Waals surface area (Å²) in [4.78, 5) is 31.4. The number of nitrogens with one attached hydrogen (secondary N) is 2. The average molecular weight is 430 g/mol. The Labute approximate surface area is 186 Å². The summed E-state index contributed by atoms with van der Waals surface area (Å²) < 4.78 is 0. The molecule has 3 heterocycles. The molecule has 0 atom stereocenters. The van der Waals surface area contributed by atoms with E-state index in [1.165, 1.54) is 12.8 Å². The zero-order chi connectivity index (χ0) is 21.7. The van der Waals surface area contributed by atoms with Crippen molar-refractivity contribution < 1.29 is 4.79 Å². The predicted octanol–water partition coefficient (Wildman–Crippen LogP) is 3.37. The molecule has 0 unspecified atom stereocenters. The molecule has 3 fully saturated rings. The summed E-state index contributed by atoms with van der Waals surface area (Å²) in [7, 11) is 0. The average Bonchev–Trinajstić information content (AvgIpc) is 3.30. The topological polar surface area (TPSA) is 91.0 Å². The molecular formula is C25H27N5O2. The summed E-state index contributed by atoms with van der Waals surface area (Å²) in [6, 6.07) is 11.7. The van der Waals surface area contributed by atoms with E-state index in [0.717, 1.165) is 55.5 Å². The van der Waals surface area contributed by atoms with Gasteiger partial charge < -0.3 is 10.2 Å². The number of H-pyrrole nitrogens is 1. The number of pyridine rings is 1. The van der Waals surface area contributed by atoms with Crippen LogP contribution >= 0.6 is 0 Å². The van der Waals surface area contributed by atoms with Crippen molar-refractivity contribution in [1.82, 2.24) is 20.5 Å². The van der Waals surface area contributed by atoms with E-state index in [-0.39, 0.29) is 17.5 Å². The zero-order valence-corrected chi connectivity index (χ0v) is 18.0. The molecule has 2 aromatic heterocycles. The summed E-state index contributed by atoms with van der Waals surface area (Å²) in [6.07, 6.45) is 8.39. The molecule has 0 radical (unpaired) electrons. The number of amides is 1. The molecule has 3 aromatic rings. The first kappa shape index (κ1) is 19.5. The first-order chi connectivity index (χ1) is 15.6. The first-order valence-electron chi connectivity index (χ1n) is 11.6. The molecule has 164 valence electrons. The van der Waals surface area contributed by atoms with Crippen LogP contribution in [0.4, 0.5) is 5.69 Å². The van der Waals surface area contributed by atoms with Crippen LogP contribution < -0.4 is 15.8 Å². The van der Waals surface area contributed by atoms with Gasteiger partial charge in [0, 0.05) is 30.4 Å². The Morgan fingerprint density at radius 2 is 1.78 bits per heavy atom. The van der Waals surface area contributed by atoms with Crippen LogP contribution in [0, 0.1) is 5.41 Å². The van der Waals surface area contributed by atoms with E-state index in [1.54, 1.807) is 0 Å². The summed E-state index contributed by atoms with van der Waals surface area (Å²) in [5.74, 6) is 0.287. The van der Waals surface area contributed by atoms with Gasteiger partial charge in [0.1, 0.15) is 5.69 Å². The van der Waals surface area contributed by atoms with Gasteiger partial charge in [0.05, 0.1) is 23.0 Å². The van der Waals surface area contributed by atoms with Gasteiger partial charge in [-0.2, -0.15) is 5.10 Å². The van der Waals surface area contributed by atoms with Crippen LogP contribution in [0.25, 0.3) is 10.8 Å². The maximum absolute atomic E-state index is 12.6. The third-order valence-electron chi connectivity index (χ3n) is 7.62. The third-order valence-corrected chi connectivity index (χ3v) is 7.62. The lowest BCUT2D eigenvalue weighted by molar-refractivity contribution is -0.0197. The molecule has 7 heteroatoms. The number of aromatic nitrogens is 3. The van der Waals surface area contributed by atoms with Crippen molar-refractivity contribution in [2.75, 3.05) is 18.0 Å². The number of carbonyl (C=O) groups excluding carboxylic acids is 1. The molecule has 1 aromatic carbocycles. The number of nitrogens with zero attached hydrogens (tertiary/aromatic N) is 3. The van der Waals surface area contributed by atoms with E-state index in [9.17, 15) is 9.59 Å². The zero-order valence-electron chi connectivity index (χ0n) is 18.0. The summed E-state index contributed by atoms with van der Waals surface area (Å²) in [5.41, 5.74) is 2.76. The van der Waals surface area contributed by atoms with Crippen molar-refractivity contribution in [3.63, 3.8) is 0 Å². The Balaban J connectivity index is 1.05. The highest BCUT2D eigenvalue weighted by atomic mass is 16.2. The Morgan fingerprint density at radius 3 is 2.50 bits per heavy atom. The first-order valence-corrected chi connectivity index (χ1v) is 11.6. The van der Waals surface area contributed by atoms with Gasteiger partial charge in [0.2, 0.25) is 0 Å². The lowest BCUT2D eigenvalue weighted by Crippen LogP contribution is -2.55. The fourth-order valence-electron chi connectivity index (χ4n) is 5.99. The van der Waals surface area contributed by atoms with Gasteiger partial charge in [-0.1, -0.05) is 18.2 Å². The summed E-state index contributed by atoms with van der Waals surface area (Å²) in [5, 5.41) is 11.9. The lowest BCUT2D eigenvalue weighted by atomic mass is 9.49. The van der Waals surface area contributed by atoms with Crippen LogP contribution in [-0.4, -0.2) is 40.2 Å². The number of rotatable bonds is 4. The fraction of sp³-hybridized carbons (Fsp3) is 0.440. The van der Waals surface area contributed by atoms with Gasteiger partial charge in [-0.15, -0.1) is 0 Å². The maximum atomic E-state index is 12.6. The molecule has 1 amide bonds. The molecule has 1 spiro atoms. The molecule has 7 nitrogen and oxygen atoms in total. The van der Waals surface area contributed by atoms with Crippen molar-refractivity contribution in [1.29, 1.82) is 0 Å². The number of fused-ring (bicyclic) bond motifs is 1. The van der Waals surface area contributed by atoms with Crippen molar-refractivity contribution in [3.8, 4) is 0 Å². The highest BCUT2D eigenvalue weighted by Gasteiger charge is 2.54. The summed E-state index contributed by atoms with van der Waals surface area (Å²) in [6.45, 7) is 2.14. The maximum Gasteiger partial charge on any atom is 0.272 e. The molecule has 3 aliphatic rings. The van der Waals surface area contributed by atoms with Gasteiger partial charge in [-0.05, 0) is 62.1 Å². The molecule has 32 heavy (non-hydrogen) atoms. The van der Waals surface area contributed by atoms with E-state index >= 15 is 0 Å². The van der Waals surface area contributed by atoms with Crippen LogP contribution in [0.15, 0.2) is 47.4 Å². The largest absolute Gasteiger partial charge is 0.370 e. The molecule has 1 aliphatic heterocycles. The SMILES string of the molecule is O=C(N[C@H]1CC2(C1)C[C@H](c1n[nH]c(=O)c3ccccc31)C2)c1ccc(N2CCCC2)cn1. The van der Waals surface area contributed by atoms with Gasteiger partial charge in [-0.3, -0.25) is 9.59 Å². The Kier molecular flexibility index (Phi) is 4.52. The molecular weight excluding hydrogens is 402 g/mol. The van der Waals surface area contributed by atoms with Gasteiger partial charge >= 0.3 is 0 Å². The monoisotopic (exact) mass is 429 g/mol. The number of hydrogen-bond donors (Lipinski definition) is 2. The van der Waals surface area contributed by atoms with E-state index < -0.39 is 0 Å². The number of carbonyl (C=O) groups is 1. The Bertz CT molecular complexity index is 1220. The van der Waals surface area contributed by atoms with Crippen LogP contribution in [0.3, 0.4) is 0 Å². The van der Waals surface area contributed by atoms with Crippen LogP contribution in [0.5, 0.6) is 0 Å². The summed E-state index contributed by atoms with van der Waals surface area (Å²) >= 11 is 0. The van der Waals surface area contributed by atoms with Crippen molar-refractivity contribution in [2.45, 2.75) is 50.5 Å². The second kappa shape index (κ2) is 7.43. The molecule has 0 bridgehead atoms. The molecule has 2 aliphatic carbocycles. The number of anilines is 1. The second-order valence-electron chi connectivity index (χ2n) is 9.76. The van der Waals surface area contributed by atoms with Crippen LogP contribution in [0.1, 0.15) is 60.6 Å². The second-order valence-corrected chi connectivity index (χ2v) is 9.76. The molecule has 6 rings (SSSR count). The van der Waals surface area contributed by atoms with E-state index in [1.807, 2.05) is 42.6 Å². The Morgan fingerprint density at radius 1 is 1.03 bits per heavy atom. The smallest absolute Gasteiger partial charge is 0.272 e. The van der Waals surface area contributed by atoms with Crippen LogP contribution in [0.2, 0.25) is 0 Å². The van der Waals surface area contributed by atoms with Crippen molar-refractivity contribution >= 4 is 22.4 Å². The molecule has 1 saturated heterocycles. The standard InChI is InChI=1S/C25H27N5O2/c31-23-20-6-2-1-5-19(20)22(28-29-23)16-11-25(12-16)13-17(14-25)27-24(32)21-8-7-18(15-26-21)30-9-3-4-10-30/h1-2,5-8,15-17H,3-4,9-14H2,(H,27,32)(H,29,31)/t16-,17-,25?. The third kappa shape index (κ3) is 3.27. The molecule has 2 N–H and O–H groups in total. The molecule has 2 saturated carbocycles. The lowest BCUT2D eigenvalue weighted by Gasteiger charge is -2.57. The highest BCUT2D eigenvalue weighted by Crippen LogP contribution is 2.62. The van der Waals surface area contributed by atoms with Crippen molar-refractivity contribution in [2.24, 2.45) is 5.41 Å². The normalized spacial score (nSPS) is 26.7.